The summed E-state index contributed by atoms with van der Waals surface area (Å²) in [5.74, 6) is 0.0231. The van der Waals surface area contributed by atoms with Gasteiger partial charge in [-0.1, -0.05) is 36.8 Å². The summed E-state index contributed by atoms with van der Waals surface area (Å²) in [5.41, 5.74) is 7.72. The van der Waals surface area contributed by atoms with Gasteiger partial charge in [-0.15, -0.1) is 0 Å². The maximum atomic E-state index is 11.5. The van der Waals surface area contributed by atoms with Crippen molar-refractivity contribution in [1.82, 2.24) is 5.32 Å². The molecule has 0 aliphatic heterocycles. The average Bonchev–Trinajstić information content (AvgIpc) is 2.27. The van der Waals surface area contributed by atoms with Crippen molar-refractivity contribution in [3.63, 3.8) is 0 Å². The van der Waals surface area contributed by atoms with Gasteiger partial charge in [0.1, 0.15) is 0 Å². The van der Waals surface area contributed by atoms with Crippen LogP contribution >= 0.6 is 0 Å². The number of amides is 1. The van der Waals surface area contributed by atoms with E-state index in [1.54, 1.807) is 0 Å². The Balaban J connectivity index is 2.67. The van der Waals surface area contributed by atoms with Crippen molar-refractivity contribution in [1.29, 1.82) is 0 Å². The SMILES string of the molecule is CCC(NC(=O)CCN)c1ccc(C)cc1. The van der Waals surface area contributed by atoms with Crippen LogP contribution in [0.1, 0.15) is 36.9 Å². The van der Waals surface area contributed by atoms with Crippen LogP contribution in [0.4, 0.5) is 0 Å². The van der Waals surface area contributed by atoms with Crippen molar-refractivity contribution >= 4 is 5.91 Å². The van der Waals surface area contributed by atoms with Crippen LogP contribution in [0.3, 0.4) is 0 Å². The molecule has 0 spiro atoms. The fourth-order valence-electron chi connectivity index (χ4n) is 1.62. The summed E-state index contributed by atoms with van der Waals surface area (Å²) < 4.78 is 0. The molecule has 3 nitrogen and oxygen atoms in total. The first-order valence-electron chi connectivity index (χ1n) is 5.73. The molecule has 1 rings (SSSR count). The summed E-state index contributed by atoms with van der Waals surface area (Å²) >= 11 is 0. The van der Waals surface area contributed by atoms with Crippen LogP contribution in [0.2, 0.25) is 0 Å². The molecule has 3 heteroatoms. The van der Waals surface area contributed by atoms with E-state index < -0.39 is 0 Å². The molecule has 0 saturated heterocycles. The number of nitrogens with one attached hydrogen (secondary N) is 1. The number of carbonyl (C=O) groups excluding carboxylic acids is 1. The predicted molar refractivity (Wildman–Crippen MR) is 66.0 cm³/mol. The Morgan fingerprint density at radius 3 is 2.50 bits per heavy atom. The fourth-order valence-corrected chi connectivity index (χ4v) is 1.62. The summed E-state index contributed by atoms with van der Waals surface area (Å²) in [4.78, 5) is 11.5. The second-order valence-corrected chi connectivity index (χ2v) is 3.98. The Kier molecular flexibility index (Phi) is 4.99. The summed E-state index contributed by atoms with van der Waals surface area (Å²) in [7, 11) is 0. The van der Waals surface area contributed by atoms with E-state index in [0.717, 1.165) is 12.0 Å². The molecule has 0 aromatic heterocycles. The second-order valence-electron chi connectivity index (χ2n) is 3.98. The molecule has 1 unspecified atom stereocenters. The second kappa shape index (κ2) is 6.28. The van der Waals surface area contributed by atoms with E-state index in [0.29, 0.717) is 13.0 Å². The molecule has 0 heterocycles. The summed E-state index contributed by atoms with van der Waals surface area (Å²) in [6.07, 6.45) is 1.28. The maximum absolute atomic E-state index is 11.5. The van der Waals surface area contributed by atoms with Gasteiger partial charge in [0.05, 0.1) is 6.04 Å². The van der Waals surface area contributed by atoms with Gasteiger partial charge < -0.3 is 11.1 Å². The first-order chi connectivity index (χ1) is 7.67. The number of carbonyl (C=O) groups is 1. The number of nitrogens with two attached hydrogens (primary N) is 1. The maximum Gasteiger partial charge on any atom is 0.221 e. The topological polar surface area (TPSA) is 55.1 Å². The normalized spacial score (nSPS) is 12.2. The van der Waals surface area contributed by atoms with Gasteiger partial charge in [-0.3, -0.25) is 4.79 Å². The lowest BCUT2D eigenvalue weighted by Crippen LogP contribution is -2.29. The highest BCUT2D eigenvalue weighted by molar-refractivity contribution is 5.76. The van der Waals surface area contributed by atoms with Crippen LogP contribution in [-0.2, 0) is 4.79 Å². The lowest BCUT2D eigenvalue weighted by Gasteiger charge is -2.17. The Morgan fingerprint density at radius 1 is 1.38 bits per heavy atom. The molecular weight excluding hydrogens is 200 g/mol. The highest BCUT2D eigenvalue weighted by Gasteiger charge is 2.11. The van der Waals surface area contributed by atoms with Gasteiger partial charge in [0.2, 0.25) is 5.91 Å². The van der Waals surface area contributed by atoms with E-state index in [-0.39, 0.29) is 11.9 Å². The molecule has 3 N–H and O–H groups in total. The van der Waals surface area contributed by atoms with E-state index in [1.807, 2.05) is 0 Å². The predicted octanol–water partition coefficient (Wildman–Crippen LogP) is 1.91. The van der Waals surface area contributed by atoms with Gasteiger partial charge in [-0.2, -0.15) is 0 Å². The van der Waals surface area contributed by atoms with E-state index >= 15 is 0 Å². The highest BCUT2D eigenvalue weighted by atomic mass is 16.1. The Morgan fingerprint density at radius 2 is 2.00 bits per heavy atom. The number of hydrogen-bond acceptors (Lipinski definition) is 2. The van der Waals surface area contributed by atoms with E-state index in [9.17, 15) is 4.79 Å². The van der Waals surface area contributed by atoms with Gasteiger partial charge in [0.15, 0.2) is 0 Å². The molecule has 0 bridgehead atoms. The van der Waals surface area contributed by atoms with E-state index in [2.05, 4.69) is 43.4 Å². The summed E-state index contributed by atoms with van der Waals surface area (Å²) in [6.45, 7) is 4.52. The zero-order valence-corrected chi connectivity index (χ0v) is 9.99. The van der Waals surface area contributed by atoms with Crippen molar-refractivity contribution in [3.8, 4) is 0 Å². The molecule has 1 aromatic rings. The van der Waals surface area contributed by atoms with Gasteiger partial charge in [-0.25, -0.2) is 0 Å². The van der Waals surface area contributed by atoms with Crippen molar-refractivity contribution < 1.29 is 4.79 Å². The zero-order chi connectivity index (χ0) is 12.0. The smallest absolute Gasteiger partial charge is 0.221 e. The van der Waals surface area contributed by atoms with Crippen LogP contribution in [0.25, 0.3) is 0 Å². The molecule has 0 radical (unpaired) electrons. The molecule has 16 heavy (non-hydrogen) atoms. The molecule has 0 aliphatic carbocycles. The van der Waals surface area contributed by atoms with Gasteiger partial charge in [-0.05, 0) is 18.9 Å². The van der Waals surface area contributed by atoms with Crippen molar-refractivity contribution in [2.75, 3.05) is 6.54 Å². The Labute approximate surface area is 97.0 Å². The largest absolute Gasteiger partial charge is 0.349 e. The third kappa shape index (κ3) is 3.66. The monoisotopic (exact) mass is 220 g/mol. The quantitative estimate of drug-likeness (QED) is 0.796. The van der Waals surface area contributed by atoms with Crippen LogP contribution in [0.15, 0.2) is 24.3 Å². The standard InChI is InChI=1S/C13H20N2O/c1-3-12(15-13(16)8-9-14)11-6-4-10(2)5-7-11/h4-7,12H,3,8-9,14H2,1-2H3,(H,15,16). The summed E-state index contributed by atoms with van der Waals surface area (Å²) in [5, 5.41) is 2.98. The minimum atomic E-state index is 0.0231. The zero-order valence-electron chi connectivity index (χ0n) is 9.99. The third-order valence-electron chi connectivity index (χ3n) is 2.59. The molecule has 88 valence electrons. The fraction of sp³-hybridized carbons (Fsp3) is 0.462. The minimum Gasteiger partial charge on any atom is -0.349 e. The summed E-state index contributed by atoms with van der Waals surface area (Å²) in [6, 6.07) is 8.35. The van der Waals surface area contributed by atoms with E-state index in [4.69, 9.17) is 5.73 Å². The van der Waals surface area contributed by atoms with Crippen LogP contribution < -0.4 is 11.1 Å². The molecule has 1 amide bonds. The Bertz CT molecular complexity index is 332. The number of aryl methyl sites for hydroxylation is 1. The van der Waals surface area contributed by atoms with Crippen molar-refractivity contribution in [2.45, 2.75) is 32.7 Å². The number of rotatable bonds is 5. The van der Waals surface area contributed by atoms with E-state index in [1.165, 1.54) is 5.56 Å². The van der Waals surface area contributed by atoms with Crippen molar-refractivity contribution in [3.05, 3.63) is 35.4 Å². The van der Waals surface area contributed by atoms with Gasteiger partial charge in [0, 0.05) is 13.0 Å². The number of benzene rings is 1. The molecule has 0 fully saturated rings. The first kappa shape index (κ1) is 12.7. The van der Waals surface area contributed by atoms with Crippen LogP contribution in [-0.4, -0.2) is 12.5 Å². The minimum absolute atomic E-state index is 0.0231. The molecule has 1 aromatic carbocycles. The van der Waals surface area contributed by atoms with Gasteiger partial charge >= 0.3 is 0 Å². The third-order valence-corrected chi connectivity index (χ3v) is 2.59. The van der Waals surface area contributed by atoms with Crippen LogP contribution in [0, 0.1) is 6.92 Å². The van der Waals surface area contributed by atoms with Crippen molar-refractivity contribution in [2.24, 2.45) is 5.73 Å². The van der Waals surface area contributed by atoms with Gasteiger partial charge in [0.25, 0.3) is 0 Å². The molecule has 1 atom stereocenters. The lowest BCUT2D eigenvalue weighted by atomic mass is 10.0. The highest BCUT2D eigenvalue weighted by Crippen LogP contribution is 2.17. The Hall–Kier alpha value is -1.35. The molecule has 0 aliphatic rings. The molecule has 0 saturated carbocycles. The first-order valence-corrected chi connectivity index (χ1v) is 5.73. The lowest BCUT2D eigenvalue weighted by molar-refractivity contribution is -0.121. The average molecular weight is 220 g/mol. The molecular formula is C13H20N2O. The number of hydrogen-bond donors (Lipinski definition) is 2. The van der Waals surface area contributed by atoms with Crippen LogP contribution in [0.5, 0.6) is 0 Å².